The zero-order valence-electron chi connectivity index (χ0n) is 7.12. The highest BCUT2D eigenvalue weighted by molar-refractivity contribution is 5.81. The van der Waals surface area contributed by atoms with E-state index < -0.39 is 0 Å². The second kappa shape index (κ2) is 4.35. The minimum Gasteiger partial charge on any atom is -0.274 e. The number of rotatable bonds is 2. The third-order valence-electron chi connectivity index (χ3n) is 1.28. The van der Waals surface area contributed by atoms with E-state index in [1.807, 2.05) is 0 Å². The lowest BCUT2D eigenvalue weighted by molar-refractivity contribution is -0.118. The molecule has 0 fully saturated rings. The highest BCUT2D eigenvalue weighted by atomic mass is 19.1. The SMILES string of the molecule is CC(=O)N/N=C\c1cccc(F)c1. The van der Waals surface area contributed by atoms with Gasteiger partial charge in [0.1, 0.15) is 5.82 Å². The predicted octanol–water partition coefficient (Wildman–Crippen LogP) is 1.30. The molecule has 0 radical (unpaired) electrons. The van der Waals surface area contributed by atoms with Crippen LogP contribution in [0.25, 0.3) is 0 Å². The monoisotopic (exact) mass is 180 g/mol. The molecule has 4 heteroatoms. The van der Waals surface area contributed by atoms with Crippen LogP contribution in [0.15, 0.2) is 29.4 Å². The van der Waals surface area contributed by atoms with E-state index in [9.17, 15) is 9.18 Å². The van der Waals surface area contributed by atoms with Crippen LogP contribution >= 0.6 is 0 Å². The lowest BCUT2D eigenvalue weighted by atomic mass is 10.2. The van der Waals surface area contributed by atoms with Gasteiger partial charge in [0.15, 0.2) is 0 Å². The van der Waals surface area contributed by atoms with E-state index in [2.05, 4.69) is 10.5 Å². The zero-order chi connectivity index (χ0) is 9.68. The molecule has 0 unspecified atom stereocenters. The molecule has 0 heterocycles. The van der Waals surface area contributed by atoms with Crippen molar-refractivity contribution in [3.8, 4) is 0 Å². The molecule has 13 heavy (non-hydrogen) atoms. The summed E-state index contributed by atoms with van der Waals surface area (Å²) in [6.45, 7) is 1.35. The third kappa shape index (κ3) is 3.46. The van der Waals surface area contributed by atoms with Crippen LogP contribution < -0.4 is 5.43 Å². The maximum absolute atomic E-state index is 12.6. The molecule has 0 aliphatic carbocycles. The first-order valence-electron chi connectivity index (χ1n) is 3.73. The summed E-state index contributed by atoms with van der Waals surface area (Å²) in [4.78, 5) is 10.4. The van der Waals surface area contributed by atoms with Crippen molar-refractivity contribution in [3.05, 3.63) is 35.6 Å². The molecule has 0 aliphatic rings. The Kier molecular flexibility index (Phi) is 3.14. The quantitative estimate of drug-likeness (QED) is 0.540. The molecule has 0 bridgehead atoms. The zero-order valence-corrected chi connectivity index (χ0v) is 7.12. The molecule has 1 aromatic rings. The topological polar surface area (TPSA) is 41.5 Å². The first-order chi connectivity index (χ1) is 6.18. The van der Waals surface area contributed by atoms with Gasteiger partial charge in [0.05, 0.1) is 6.21 Å². The summed E-state index contributed by atoms with van der Waals surface area (Å²) in [6.07, 6.45) is 1.38. The number of hydrazone groups is 1. The molecule has 0 spiro atoms. The molecule has 1 N–H and O–H groups in total. The smallest absolute Gasteiger partial charge is 0.236 e. The summed E-state index contributed by atoms with van der Waals surface area (Å²) in [5.74, 6) is -0.584. The van der Waals surface area contributed by atoms with Crippen molar-refractivity contribution in [2.45, 2.75) is 6.92 Å². The number of hydrogen-bond donors (Lipinski definition) is 1. The van der Waals surface area contributed by atoms with Gasteiger partial charge >= 0.3 is 0 Å². The van der Waals surface area contributed by atoms with E-state index in [-0.39, 0.29) is 11.7 Å². The van der Waals surface area contributed by atoms with E-state index in [1.165, 1.54) is 25.3 Å². The lowest BCUT2D eigenvalue weighted by Gasteiger charge is -1.93. The van der Waals surface area contributed by atoms with E-state index in [0.29, 0.717) is 5.56 Å². The molecule has 1 rings (SSSR count). The van der Waals surface area contributed by atoms with Crippen LogP contribution in [0.4, 0.5) is 4.39 Å². The van der Waals surface area contributed by atoms with Gasteiger partial charge in [-0.3, -0.25) is 4.79 Å². The van der Waals surface area contributed by atoms with Gasteiger partial charge in [-0.2, -0.15) is 5.10 Å². The van der Waals surface area contributed by atoms with Gasteiger partial charge in [-0.05, 0) is 17.7 Å². The fourth-order valence-electron chi connectivity index (χ4n) is 0.785. The largest absolute Gasteiger partial charge is 0.274 e. The molecule has 0 atom stereocenters. The summed E-state index contributed by atoms with van der Waals surface area (Å²) in [5, 5.41) is 3.59. The highest BCUT2D eigenvalue weighted by Crippen LogP contribution is 1.99. The normalized spacial score (nSPS) is 10.3. The summed E-state index contributed by atoms with van der Waals surface area (Å²) in [5.41, 5.74) is 2.83. The maximum atomic E-state index is 12.6. The molecule has 0 aliphatic heterocycles. The fourth-order valence-corrected chi connectivity index (χ4v) is 0.785. The van der Waals surface area contributed by atoms with E-state index >= 15 is 0 Å². The van der Waals surface area contributed by atoms with Crippen LogP contribution in [0.3, 0.4) is 0 Å². The number of benzene rings is 1. The van der Waals surface area contributed by atoms with Crippen LogP contribution in [0.2, 0.25) is 0 Å². The maximum Gasteiger partial charge on any atom is 0.236 e. The molecule has 68 valence electrons. The van der Waals surface area contributed by atoms with Crippen molar-refractivity contribution in [3.63, 3.8) is 0 Å². The van der Waals surface area contributed by atoms with Crippen molar-refractivity contribution in [2.75, 3.05) is 0 Å². The van der Waals surface area contributed by atoms with E-state index in [1.54, 1.807) is 12.1 Å². The molecular formula is C9H9FN2O. The Morgan fingerprint density at radius 3 is 3.00 bits per heavy atom. The van der Waals surface area contributed by atoms with Gasteiger partial charge in [-0.15, -0.1) is 0 Å². The number of amides is 1. The fraction of sp³-hybridized carbons (Fsp3) is 0.111. The number of halogens is 1. The number of hydrogen-bond acceptors (Lipinski definition) is 2. The Balaban J connectivity index is 2.63. The first kappa shape index (κ1) is 9.38. The summed E-state index contributed by atoms with van der Waals surface area (Å²) >= 11 is 0. The van der Waals surface area contributed by atoms with Gasteiger partial charge in [-0.1, -0.05) is 12.1 Å². The molecule has 3 nitrogen and oxygen atoms in total. The summed E-state index contributed by atoms with van der Waals surface area (Å²) in [7, 11) is 0. The molecular weight excluding hydrogens is 171 g/mol. The second-order valence-corrected chi connectivity index (χ2v) is 2.48. The van der Waals surface area contributed by atoms with Crippen LogP contribution in [0.5, 0.6) is 0 Å². The lowest BCUT2D eigenvalue weighted by Crippen LogP contribution is -2.12. The Morgan fingerprint density at radius 2 is 2.38 bits per heavy atom. The van der Waals surface area contributed by atoms with Gasteiger partial charge in [0.2, 0.25) is 5.91 Å². The van der Waals surface area contributed by atoms with Gasteiger partial charge < -0.3 is 0 Å². The second-order valence-electron chi connectivity index (χ2n) is 2.48. The minimum absolute atomic E-state index is 0.257. The Hall–Kier alpha value is -1.71. The molecule has 1 amide bonds. The molecule has 0 saturated heterocycles. The van der Waals surface area contributed by atoms with E-state index in [0.717, 1.165) is 0 Å². The van der Waals surface area contributed by atoms with Crippen molar-refractivity contribution in [1.29, 1.82) is 0 Å². The van der Waals surface area contributed by atoms with Gasteiger partial charge in [0.25, 0.3) is 0 Å². The van der Waals surface area contributed by atoms with E-state index in [4.69, 9.17) is 0 Å². The number of carbonyl (C=O) groups excluding carboxylic acids is 1. The molecule has 0 saturated carbocycles. The Bertz CT molecular complexity index is 336. The summed E-state index contributed by atoms with van der Waals surface area (Å²) in [6, 6.07) is 5.93. The van der Waals surface area contributed by atoms with Gasteiger partial charge in [-0.25, -0.2) is 9.82 Å². The molecule has 0 aromatic heterocycles. The van der Waals surface area contributed by atoms with Crippen molar-refractivity contribution >= 4 is 12.1 Å². The standard InChI is InChI=1S/C9H9FN2O/c1-7(13)12-11-6-8-3-2-4-9(10)5-8/h2-6H,1H3,(H,12,13)/b11-6-. The third-order valence-corrected chi connectivity index (χ3v) is 1.28. The van der Waals surface area contributed by atoms with Crippen molar-refractivity contribution < 1.29 is 9.18 Å². The predicted molar refractivity (Wildman–Crippen MR) is 47.8 cm³/mol. The van der Waals surface area contributed by atoms with Gasteiger partial charge in [0, 0.05) is 6.92 Å². The first-order valence-corrected chi connectivity index (χ1v) is 3.73. The van der Waals surface area contributed by atoms with Crippen LogP contribution in [0.1, 0.15) is 12.5 Å². The minimum atomic E-state index is -0.327. The van der Waals surface area contributed by atoms with Crippen LogP contribution in [-0.4, -0.2) is 12.1 Å². The van der Waals surface area contributed by atoms with Crippen molar-refractivity contribution in [2.24, 2.45) is 5.10 Å². The number of carbonyl (C=O) groups is 1. The number of nitrogens with one attached hydrogen (secondary N) is 1. The number of nitrogens with zero attached hydrogens (tertiary/aromatic N) is 1. The highest BCUT2D eigenvalue weighted by Gasteiger charge is 1.90. The van der Waals surface area contributed by atoms with Crippen LogP contribution in [-0.2, 0) is 4.79 Å². The summed E-state index contributed by atoms with van der Waals surface area (Å²) < 4.78 is 12.6. The average molecular weight is 180 g/mol. The Labute approximate surface area is 75.3 Å². The van der Waals surface area contributed by atoms with Crippen molar-refractivity contribution in [1.82, 2.24) is 5.43 Å². The Morgan fingerprint density at radius 1 is 1.62 bits per heavy atom. The van der Waals surface area contributed by atoms with Crippen LogP contribution in [0, 0.1) is 5.82 Å². The molecule has 1 aromatic carbocycles. The average Bonchev–Trinajstić information content (AvgIpc) is 2.03.